The molecule has 0 fully saturated rings. The summed E-state index contributed by atoms with van der Waals surface area (Å²) in [4.78, 5) is 0. The lowest BCUT2D eigenvalue weighted by Crippen LogP contribution is -2.06. The van der Waals surface area contributed by atoms with Crippen LogP contribution in [0.3, 0.4) is 0 Å². The van der Waals surface area contributed by atoms with Crippen LogP contribution < -0.4 is 14.8 Å². The Kier molecular flexibility index (Phi) is 5.08. The molecule has 1 N–H and O–H groups in total. The fraction of sp³-hybridized carbons (Fsp3) is 0.235. The molecule has 1 heterocycles. The van der Waals surface area contributed by atoms with E-state index in [4.69, 9.17) is 9.47 Å². The van der Waals surface area contributed by atoms with Gasteiger partial charge in [-0.1, -0.05) is 29.4 Å². The second-order valence-electron chi connectivity index (χ2n) is 5.34. The molecule has 0 unspecified atom stereocenters. The number of rotatable bonds is 7. The van der Waals surface area contributed by atoms with Gasteiger partial charge in [-0.15, -0.1) is 0 Å². The summed E-state index contributed by atoms with van der Waals surface area (Å²) in [6.45, 7) is 0.656. The third-order valence-corrected chi connectivity index (χ3v) is 3.64. The molecule has 130 valence electrons. The lowest BCUT2D eigenvalue weighted by Gasteiger charge is -2.13. The SMILES string of the molecule is COc1cc(CNc2nnnn2C)ccc1OCc1ccccc1F. The van der Waals surface area contributed by atoms with Crippen LogP contribution in [0.4, 0.5) is 10.3 Å². The van der Waals surface area contributed by atoms with Gasteiger partial charge >= 0.3 is 0 Å². The van der Waals surface area contributed by atoms with Gasteiger partial charge in [-0.25, -0.2) is 9.07 Å². The predicted molar refractivity (Wildman–Crippen MR) is 89.9 cm³/mol. The van der Waals surface area contributed by atoms with Gasteiger partial charge in [0.15, 0.2) is 11.5 Å². The third-order valence-electron chi connectivity index (χ3n) is 3.64. The summed E-state index contributed by atoms with van der Waals surface area (Å²) in [5.74, 6) is 1.40. The maximum absolute atomic E-state index is 13.7. The van der Waals surface area contributed by atoms with Gasteiger partial charge < -0.3 is 14.8 Å². The van der Waals surface area contributed by atoms with E-state index >= 15 is 0 Å². The molecule has 8 heteroatoms. The molecule has 0 saturated carbocycles. The molecule has 0 radical (unpaired) electrons. The summed E-state index contributed by atoms with van der Waals surface area (Å²) in [6, 6.07) is 12.1. The predicted octanol–water partition coefficient (Wildman–Crippen LogP) is 2.55. The number of hydrogen-bond donors (Lipinski definition) is 1. The van der Waals surface area contributed by atoms with Gasteiger partial charge in [-0.05, 0) is 34.2 Å². The highest BCUT2D eigenvalue weighted by molar-refractivity contribution is 5.44. The Morgan fingerprint density at radius 1 is 1.16 bits per heavy atom. The zero-order valence-corrected chi connectivity index (χ0v) is 13.9. The first-order chi connectivity index (χ1) is 12.2. The minimum absolute atomic E-state index is 0.130. The first kappa shape index (κ1) is 16.7. The number of nitrogens with zero attached hydrogens (tertiary/aromatic N) is 4. The molecule has 2 aromatic carbocycles. The zero-order chi connectivity index (χ0) is 17.6. The maximum Gasteiger partial charge on any atom is 0.242 e. The van der Waals surface area contributed by atoms with Crippen LogP contribution in [-0.2, 0) is 20.2 Å². The highest BCUT2D eigenvalue weighted by Crippen LogP contribution is 2.29. The van der Waals surface area contributed by atoms with E-state index < -0.39 is 0 Å². The minimum Gasteiger partial charge on any atom is -0.493 e. The van der Waals surface area contributed by atoms with E-state index in [0.29, 0.717) is 29.6 Å². The Labute approximate surface area is 144 Å². The van der Waals surface area contributed by atoms with Crippen LogP contribution in [0.2, 0.25) is 0 Å². The number of methoxy groups -OCH3 is 1. The Bertz CT molecular complexity index is 853. The van der Waals surface area contributed by atoms with E-state index in [1.807, 2.05) is 12.1 Å². The standard InChI is InChI=1S/C17H18FN5O2/c1-23-17(20-21-22-23)19-10-12-7-8-15(16(9-12)24-2)25-11-13-5-3-4-6-14(13)18/h3-9H,10-11H2,1-2H3,(H,19,20,22). The zero-order valence-electron chi connectivity index (χ0n) is 13.9. The summed E-state index contributed by atoms with van der Waals surface area (Å²) < 4.78 is 26.3. The number of nitrogens with one attached hydrogen (secondary N) is 1. The van der Waals surface area contributed by atoms with Crippen LogP contribution in [-0.4, -0.2) is 27.3 Å². The van der Waals surface area contributed by atoms with Crippen molar-refractivity contribution in [1.29, 1.82) is 0 Å². The number of benzene rings is 2. The summed E-state index contributed by atoms with van der Waals surface area (Å²) in [5, 5.41) is 14.3. The molecule has 0 aliphatic rings. The van der Waals surface area contributed by atoms with E-state index in [1.54, 1.807) is 43.1 Å². The van der Waals surface area contributed by atoms with Crippen molar-refractivity contribution in [2.45, 2.75) is 13.2 Å². The van der Waals surface area contributed by atoms with Crippen LogP contribution >= 0.6 is 0 Å². The quantitative estimate of drug-likeness (QED) is 0.711. The highest BCUT2D eigenvalue weighted by atomic mass is 19.1. The Balaban J connectivity index is 1.67. The van der Waals surface area contributed by atoms with E-state index in [1.165, 1.54) is 6.07 Å². The molecule has 0 bridgehead atoms. The molecule has 0 spiro atoms. The smallest absolute Gasteiger partial charge is 0.242 e. The molecule has 3 rings (SSSR count). The molecule has 0 amide bonds. The largest absolute Gasteiger partial charge is 0.493 e. The summed E-state index contributed by atoms with van der Waals surface area (Å²) in [5.41, 5.74) is 1.46. The van der Waals surface area contributed by atoms with Crippen molar-refractivity contribution < 1.29 is 13.9 Å². The molecular formula is C17H18FN5O2. The molecule has 25 heavy (non-hydrogen) atoms. The molecule has 0 atom stereocenters. The van der Waals surface area contributed by atoms with Gasteiger partial charge in [0.1, 0.15) is 12.4 Å². The lowest BCUT2D eigenvalue weighted by atomic mass is 10.2. The van der Waals surface area contributed by atoms with Crippen molar-refractivity contribution in [2.75, 3.05) is 12.4 Å². The Morgan fingerprint density at radius 2 is 2.00 bits per heavy atom. The third kappa shape index (κ3) is 4.03. The maximum atomic E-state index is 13.7. The van der Waals surface area contributed by atoms with Crippen LogP contribution in [0.15, 0.2) is 42.5 Å². The fourth-order valence-corrected chi connectivity index (χ4v) is 2.27. The van der Waals surface area contributed by atoms with Gasteiger partial charge in [0, 0.05) is 19.2 Å². The average molecular weight is 343 g/mol. The van der Waals surface area contributed by atoms with E-state index in [-0.39, 0.29) is 12.4 Å². The second kappa shape index (κ2) is 7.61. The minimum atomic E-state index is -0.292. The lowest BCUT2D eigenvalue weighted by molar-refractivity contribution is 0.279. The molecular weight excluding hydrogens is 325 g/mol. The Morgan fingerprint density at radius 3 is 2.72 bits per heavy atom. The van der Waals surface area contributed by atoms with Crippen molar-refractivity contribution in [3.05, 3.63) is 59.4 Å². The highest BCUT2D eigenvalue weighted by Gasteiger charge is 2.09. The average Bonchev–Trinajstić information content (AvgIpc) is 3.04. The molecule has 7 nitrogen and oxygen atoms in total. The van der Waals surface area contributed by atoms with Gasteiger partial charge in [-0.3, -0.25) is 0 Å². The number of ether oxygens (including phenoxy) is 2. The number of tetrazole rings is 1. The van der Waals surface area contributed by atoms with Crippen molar-refractivity contribution in [2.24, 2.45) is 7.05 Å². The number of anilines is 1. The van der Waals surface area contributed by atoms with Gasteiger partial charge in [-0.2, -0.15) is 0 Å². The van der Waals surface area contributed by atoms with E-state index in [0.717, 1.165) is 5.56 Å². The van der Waals surface area contributed by atoms with E-state index in [2.05, 4.69) is 20.8 Å². The molecule has 1 aromatic heterocycles. The van der Waals surface area contributed by atoms with Gasteiger partial charge in [0.2, 0.25) is 5.95 Å². The second-order valence-corrected chi connectivity index (χ2v) is 5.34. The van der Waals surface area contributed by atoms with Gasteiger partial charge in [0.25, 0.3) is 0 Å². The summed E-state index contributed by atoms with van der Waals surface area (Å²) >= 11 is 0. The van der Waals surface area contributed by atoms with Crippen molar-refractivity contribution >= 4 is 5.95 Å². The number of aromatic nitrogens is 4. The molecule has 0 aliphatic heterocycles. The van der Waals surface area contributed by atoms with Crippen LogP contribution in [0.25, 0.3) is 0 Å². The molecule has 0 saturated heterocycles. The number of aryl methyl sites for hydroxylation is 1. The molecule has 0 aliphatic carbocycles. The Hall–Kier alpha value is -3.16. The van der Waals surface area contributed by atoms with Crippen LogP contribution in [0, 0.1) is 5.82 Å². The monoisotopic (exact) mass is 343 g/mol. The van der Waals surface area contributed by atoms with Crippen molar-refractivity contribution in [3.8, 4) is 11.5 Å². The van der Waals surface area contributed by atoms with Crippen LogP contribution in [0.5, 0.6) is 11.5 Å². The fourth-order valence-electron chi connectivity index (χ4n) is 2.27. The topological polar surface area (TPSA) is 74.1 Å². The normalized spacial score (nSPS) is 10.5. The summed E-state index contributed by atoms with van der Waals surface area (Å²) in [7, 11) is 3.32. The van der Waals surface area contributed by atoms with Crippen molar-refractivity contribution in [1.82, 2.24) is 20.2 Å². The molecule has 3 aromatic rings. The number of halogens is 1. The first-order valence-corrected chi connectivity index (χ1v) is 7.66. The number of hydrogen-bond acceptors (Lipinski definition) is 6. The summed E-state index contributed by atoms with van der Waals surface area (Å²) in [6.07, 6.45) is 0. The first-order valence-electron chi connectivity index (χ1n) is 7.66. The van der Waals surface area contributed by atoms with Crippen molar-refractivity contribution in [3.63, 3.8) is 0 Å². The van der Waals surface area contributed by atoms with E-state index in [9.17, 15) is 4.39 Å². The van der Waals surface area contributed by atoms with Gasteiger partial charge in [0.05, 0.1) is 7.11 Å². The van der Waals surface area contributed by atoms with Crippen LogP contribution in [0.1, 0.15) is 11.1 Å².